The number of nitrogens with zero attached hydrogens (tertiary/aromatic N) is 3. The maximum absolute atomic E-state index is 13.0. The summed E-state index contributed by atoms with van der Waals surface area (Å²) in [6, 6.07) is 6.07. The van der Waals surface area contributed by atoms with Crippen LogP contribution in [0.2, 0.25) is 0 Å². The number of likely N-dealkylation sites (tertiary alicyclic amines) is 1. The number of carbonyl (C=O) groups excluding carboxylic acids is 1. The number of carbonyl (C=O) groups is 1. The van der Waals surface area contributed by atoms with Gasteiger partial charge >= 0.3 is 0 Å². The zero-order valence-electron chi connectivity index (χ0n) is 16.4. The summed E-state index contributed by atoms with van der Waals surface area (Å²) < 4.78 is 3.00. The Morgan fingerprint density at radius 3 is 2.68 bits per heavy atom. The molecule has 1 amide bonds. The molecule has 0 spiro atoms. The standard InChI is InChI=1S/C21H27BrN4O2/c1-13-16(22)5-3-6-17(13)23-21(28)19-14(2)20-18(7-4-10-26(20)24-19)25-11-8-15(27)9-12-25/h3,5-6,15,18,27H,4,7-12H2,1-2H3,(H,23,28)/t18-/m1/s1. The molecule has 1 aromatic carbocycles. The highest BCUT2D eigenvalue weighted by Crippen LogP contribution is 2.35. The Balaban J connectivity index is 1.60. The van der Waals surface area contributed by atoms with Crippen molar-refractivity contribution >= 4 is 27.5 Å². The van der Waals surface area contributed by atoms with Crippen molar-refractivity contribution in [3.05, 3.63) is 45.2 Å². The van der Waals surface area contributed by atoms with Crippen LogP contribution >= 0.6 is 15.9 Å². The van der Waals surface area contributed by atoms with Crippen LogP contribution in [0.25, 0.3) is 0 Å². The van der Waals surface area contributed by atoms with Gasteiger partial charge in [-0.05, 0) is 57.2 Å². The van der Waals surface area contributed by atoms with E-state index in [1.165, 1.54) is 5.69 Å². The number of hydrogen-bond donors (Lipinski definition) is 2. The summed E-state index contributed by atoms with van der Waals surface area (Å²) in [7, 11) is 0. The van der Waals surface area contributed by atoms with Gasteiger partial charge < -0.3 is 10.4 Å². The maximum atomic E-state index is 13.0. The lowest BCUT2D eigenvalue weighted by atomic mass is 9.95. The molecule has 0 aliphatic carbocycles. The van der Waals surface area contributed by atoms with Gasteiger partial charge in [0.1, 0.15) is 0 Å². The third-order valence-electron chi connectivity index (χ3n) is 6.07. The van der Waals surface area contributed by atoms with Crippen LogP contribution in [0.3, 0.4) is 0 Å². The highest BCUT2D eigenvalue weighted by Gasteiger charge is 2.33. The number of hydrogen-bond acceptors (Lipinski definition) is 4. The van der Waals surface area contributed by atoms with E-state index in [-0.39, 0.29) is 18.1 Å². The molecule has 4 rings (SSSR count). The van der Waals surface area contributed by atoms with E-state index in [2.05, 4.69) is 31.2 Å². The van der Waals surface area contributed by atoms with Crippen molar-refractivity contribution in [2.45, 2.75) is 58.2 Å². The van der Waals surface area contributed by atoms with E-state index in [0.29, 0.717) is 5.69 Å². The van der Waals surface area contributed by atoms with Crippen LogP contribution in [-0.2, 0) is 6.54 Å². The van der Waals surface area contributed by atoms with E-state index in [1.807, 2.05) is 36.7 Å². The third-order valence-corrected chi connectivity index (χ3v) is 6.93. The van der Waals surface area contributed by atoms with Gasteiger partial charge in [0, 0.05) is 35.4 Å². The van der Waals surface area contributed by atoms with E-state index in [0.717, 1.165) is 66.6 Å². The van der Waals surface area contributed by atoms with Gasteiger partial charge in [-0.3, -0.25) is 14.4 Å². The molecule has 150 valence electrons. The Kier molecular flexibility index (Phi) is 5.58. The van der Waals surface area contributed by atoms with Crippen LogP contribution in [0.4, 0.5) is 5.69 Å². The number of fused-ring (bicyclic) bond motifs is 1. The number of aryl methyl sites for hydroxylation is 1. The van der Waals surface area contributed by atoms with Crippen molar-refractivity contribution in [3.63, 3.8) is 0 Å². The van der Waals surface area contributed by atoms with Gasteiger partial charge in [-0.15, -0.1) is 0 Å². The summed E-state index contributed by atoms with van der Waals surface area (Å²) in [4.78, 5) is 15.4. The van der Waals surface area contributed by atoms with E-state index in [9.17, 15) is 9.90 Å². The molecule has 6 nitrogen and oxygen atoms in total. The number of piperidine rings is 1. The molecule has 2 aromatic rings. The highest BCUT2D eigenvalue weighted by atomic mass is 79.9. The summed E-state index contributed by atoms with van der Waals surface area (Å²) in [5.41, 5.74) is 4.45. The van der Waals surface area contributed by atoms with Crippen molar-refractivity contribution in [1.82, 2.24) is 14.7 Å². The van der Waals surface area contributed by atoms with Crippen LogP contribution in [-0.4, -0.2) is 44.9 Å². The predicted molar refractivity (Wildman–Crippen MR) is 113 cm³/mol. The number of benzene rings is 1. The maximum Gasteiger partial charge on any atom is 0.276 e. The molecule has 2 aliphatic heterocycles. The Hall–Kier alpha value is -1.70. The fourth-order valence-electron chi connectivity index (χ4n) is 4.42. The lowest BCUT2D eigenvalue weighted by Crippen LogP contribution is -2.40. The van der Waals surface area contributed by atoms with Crippen LogP contribution in [0.15, 0.2) is 22.7 Å². The molecule has 1 fully saturated rings. The van der Waals surface area contributed by atoms with Crippen LogP contribution in [0.1, 0.15) is 59.0 Å². The Morgan fingerprint density at radius 1 is 1.18 bits per heavy atom. The van der Waals surface area contributed by atoms with Crippen molar-refractivity contribution < 1.29 is 9.90 Å². The molecule has 1 atom stereocenters. The fraction of sp³-hybridized carbons (Fsp3) is 0.524. The highest BCUT2D eigenvalue weighted by molar-refractivity contribution is 9.10. The van der Waals surface area contributed by atoms with Gasteiger partial charge in [0.2, 0.25) is 0 Å². The van der Waals surface area contributed by atoms with Gasteiger partial charge in [0.15, 0.2) is 5.69 Å². The van der Waals surface area contributed by atoms with Gasteiger partial charge in [-0.25, -0.2) is 0 Å². The number of aliphatic hydroxyl groups is 1. The number of aromatic nitrogens is 2. The van der Waals surface area contributed by atoms with E-state index < -0.39 is 0 Å². The first-order chi connectivity index (χ1) is 13.5. The molecule has 0 bridgehead atoms. The molecule has 2 N–H and O–H groups in total. The van der Waals surface area contributed by atoms with Crippen LogP contribution < -0.4 is 5.32 Å². The molecule has 0 unspecified atom stereocenters. The van der Waals surface area contributed by atoms with E-state index in [4.69, 9.17) is 0 Å². The molecular formula is C21H27BrN4O2. The molecule has 1 saturated heterocycles. The van der Waals surface area contributed by atoms with Gasteiger partial charge in [-0.2, -0.15) is 5.10 Å². The number of rotatable bonds is 3. The number of aliphatic hydroxyl groups excluding tert-OH is 1. The predicted octanol–water partition coefficient (Wildman–Crippen LogP) is 3.81. The second-order valence-electron chi connectivity index (χ2n) is 7.87. The van der Waals surface area contributed by atoms with Gasteiger partial charge in [0.25, 0.3) is 5.91 Å². The fourth-order valence-corrected chi connectivity index (χ4v) is 4.79. The van der Waals surface area contributed by atoms with Crippen LogP contribution in [0.5, 0.6) is 0 Å². The summed E-state index contributed by atoms with van der Waals surface area (Å²) in [6.07, 6.45) is 3.59. The molecule has 7 heteroatoms. The average Bonchev–Trinajstić information content (AvgIpc) is 3.03. The third kappa shape index (κ3) is 3.63. The van der Waals surface area contributed by atoms with Gasteiger partial charge in [0.05, 0.1) is 17.8 Å². The Bertz CT molecular complexity index is 887. The van der Waals surface area contributed by atoms with E-state index in [1.54, 1.807) is 0 Å². The lowest BCUT2D eigenvalue weighted by Gasteiger charge is -2.38. The average molecular weight is 447 g/mol. The molecule has 3 heterocycles. The van der Waals surface area contributed by atoms with E-state index >= 15 is 0 Å². The monoisotopic (exact) mass is 446 g/mol. The first-order valence-corrected chi connectivity index (χ1v) is 10.8. The first kappa shape index (κ1) is 19.6. The topological polar surface area (TPSA) is 70.4 Å². The second-order valence-corrected chi connectivity index (χ2v) is 8.73. The summed E-state index contributed by atoms with van der Waals surface area (Å²) in [5, 5.41) is 17.5. The molecule has 0 radical (unpaired) electrons. The first-order valence-electron chi connectivity index (χ1n) is 10.0. The molecule has 1 aromatic heterocycles. The largest absolute Gasteiger partial charge is 0.393 e. The second kappa shape index (κ2) is 7.97. The lowest BCUT2D eigenvalue weighted by molar-refractivity contribution is 0.0510. The number of anilines is 1. The molecule has 2 aliphatic rings. The molecule has 0 saturated carbocycles. The number of halogens is 1. The quantitative estimate of drug-likeness (QED) is 0.751. The van der Waals surface area contributed by atoms with Crippen molar-refractivity contribution in [3.8, 4) is 0 Å². The summed E-state index contributed by atoms with van der Waals surface area (Å²) in [5.74, 6) is -0.159. The van der Waals surface area contributed by atoms with Gasteiger partial charge in [-0.1, -0.05) is 22.0 Å². The summed E-state index contributed by atoms with van der Waals surface area (Å²) >= 11 is 3.51. The van der Waals surface area contributed by atoms with Crippen molar-refractivity contribution in [1.29, 1.82) is 0 Å². The molecular weight excluding hydrogens is 420 g/mol. The van der Waals surface area contributed by atoms with Crippen molar-refractivity contribution in [2.75, 3.05) is 18.4 Å². The summed E-state index contributed by atoms with van der Waals surface area (Å²) in [6.45, 7) is 6.64. The zero-order chi connectivity index (χ0) is 19.8. The minimum Gasteiger partial charge on any atom is -0.393 e. The molecule has 28 heavy (non-hydrogen) atoms. The Labute approximate surface area is 174 Å². The number of nitrogens with one attached hydrogen (secondary N) is 1. The minimum atomic E-state index is -0.180. The van der Waals surface area contributed by atoms with Crippen LogP contribution in [0, 0.1) is 13.8 Å². The Morgan fingerprint density at radius 2 is 1.93 bits per heavy atom. The number of amides is 1. The minimum absolute atomic E-state index is 0.159. The zero-order valence-corrected chi connectivity index (χ0v) is 18.0. The SMILES string of the molecule is Cc1c(Br)cccc1NC(=O)c1nn2c(c1C)[C@H](N1CCC(O)CC1)CCC2. The van der Waals surface area contributed by atoms with Crippen molar-refractivity contribution in [2.24, 2.45) is 0 Å². The normalized spacial score (nSPS) is 20.8. The smallest absolute Gasteiger partial charge is 0.276 e.